The van der Waals surface area contributed by atoms with Gasteiger partial charge in [0.1, 0.15) is 5.82 Å². The topological polar surface area (TPSA) is 63.5 Å². The Hall–Kier alpha value is -2.91. The van der Waals surface area contributed by atoms with E-state index in [0.29, 0.717) is 49.6 Å². The number of halogens is 1. The number of nitrogens with zero attached hydrogens (tertiary/aromatic N) is 5. The van der Waals surface area contributed by atoms with E-state index in [1.54, 1.807) is 11.0 Å². The molecule has 31 heavy (non-hydrogen) atoms. The Bertz CT molecular complexity index is 1020. The maximum Gasteiger partial charge on any atom is 0.237 e. The van der Waals surface area contributed by atoms with Crippen molar-refractivity contribution in [2.75, 3.05) is 48.4 Å². The van der Waals surface area contributed by atoms with Crippen molar-refractivity contribution >= 4 is 29.3 Å². The van der Waals surface area contributed by atoms with Crippen LogP contribution in [0.4, 0.5) is 16.0 Å². The number of morpholine rings is 1. The van der Waals surface area contributed by atoms with Crippen LogP contribution in [-0.2, 0) is 9.53 Å². The van der Waals surface area contributed by atoms with E-state index in [2.05, 4.69) is 15.1 Å². The van der Waals surface area contributed by atoms with E-state index in [-0.39, 0.29) is 17.5 Å². The second-order valence-electron chi connectivity index (χ2n) is 6.96. The third-order valence-electron chi connectivity index (χ3n) is 4.99. The normalized spacial score (nSPS) is 13.9. The Labute approximate surface area is 184 Å². The summed E-state index contributed by atoms with van der Waals surface area (Å²) in [6.07, 6.45) is 0. The molecule has 0 bridgehead atoms. The summed E-state index contributed by atoms with van der Waals surface area (Å²) in [5.41, 5.74) is 1.48. The van der Waals surface area contributed by atoms with E-state index in [4.69, 9.17) is 4.74 Å². The van der Waals surface area contributed by atoms with Crippen molar-refractivity contribution in [1.82, 2.24) is 14.8 Å². The van der Waals surface area contributed by atoms with Crippen LogP contribution in [0, 0.1) is 5.82 Å². The molecule has 1 aromatic heterocycles. The molecular formula is C22H24FN5O2S. The molecule has 0 saturated carbocycles. The summed E-state index contributed by atoms with van der Waals surface area (Å²) in [6, 6.07) is 15.9. The Morgan fingerprint density at radius 3 is 2.61 bits per heavy atom. The van der Waals surface area contributed by atoms with E-state index in [9.17, 15) is 9.18 Å². The minimum atomic E-state index is -0.340. The first kappa shape index (κ1) is 21.3. The summed E-state index contributed by atoms with van der Waals surface area (Å²) in [7, 11) is 0. The minimum Gasteiger partial charge on any atom is -0.378 e. The number of hydrogen-bond donors (Lipinski definition) is 0. The first-order valence-electron chi connectivity index (χ1n) is 10.2. The van der Waals surface area contributed by atoms with Crippen LogP contribution in [0.2, 0.25) is 0 Å². The van der Waals surface area contributed by atoms with E-state index >= 15 is 0 Å². The summed E-state index contributed by atoms with van der Waals surface area (Å²) in [5.74, 6) is 0.450. The van der Waals surface area contributed by atoms with Gasteiger partial charge in [-0.25, -0.2) is 4.39 Å². The van der Waals surface area contributed by atoms with Crippen LogP contribution in [0.3, 0.4) is 0 Å². The second kappa shape index (κ2) is 9.93. The molecule has 3 aromatic rings. The monoisotopic (exact) mass is 441 g/mol. The molecule has 4 rings (SSSR count). The quantitative estimate of drug-likeness (QED) is 0.524. The van der Waals surface area contributed by atoms with Gasteiger partial charge < -0.3 is 14.5 Å². The van der Waals surface area contributed by atoms with Crippen molar-refractivity contribution in [2.24, 2.45) is 0 Å². The molecule has 0 atom stereocenters. The van der Waals surface area contributed by atoms with Crippen molar-refractivity contribution < 1.29 is 13.9 Å². The molecule has 1 saturated heterocycles. The van der Waals surface area contributed by atoms with Crippen LogP contribution >= 0.6 is 11.8 Å². The number of hydrogen-bond acceptors (Lipinski definition) is 6. The maximum atomic E-state index is 14.0. The summed E-state index contributed by atoms with van der Waals surface area (Å²) >= 11 is 1.30. The highest BCUT2D eigenvalue weighted by atomic mass is 32.2. The molecule has 0 radical (unpaired) electrons. The number of anilines is 2. The molecule has 162 valence electrons. The lowest BCUT2D eigenvalue weighted by atomic mass is 10.3. The fourth-order valence-corrected chi connectivity index (χ4v) is 4.30. The lowest BCUT2D eigenvalue weighted by Crippen LogP contribution is -2.38. The smallest absolute Gasteiger partial charge is 0.237 e. The second-order valence-corrected chi connectivity index (χ2v) is 7.90. The van der Waals surface area contributed by atoms with Gasteiger partial charge in [-0.3, -0.25) is 9.36 Å². The van der Waals surface area contributed by atoms with E-state index in [0.717, 1.165) is 5.69 Å². The molecular weight excluding hydrogens is 417 g/mol. The number of carbonyl (C=O) groups is 1. The molecule has 1 aliphatic heterocycles. The van der Waals surface area contributed by atoms with Crippen LogP contribution in [0.15, 0.2) is 59.8 Å². The average molecular weight is 442 g/mol. The maximum absolute atomic E-state index is 14.0. The van der Waals surface area contributed by atoms with Crippen LogP contribution in [0.5, 0.6) is 0 Å². The van der Waals surface area contributed by atoms with Gasteiger partial charge in [0, 0.05) is 25.3 Å². The number of aromatic nitrogens is 3. The van der Waals surface area contributed by atoms with Gasteiger partial charge in [-0.1, -0.05) is 36.0 Å². The van der Waals surface area contributed by atoms with Gasteiger partial charge in [0.05, 0.1) is 24.7 Å². The first-order valence-corrected chi connectivity index (χ1v) is 11.2. The van der Waals surface area contributed by atoms with Crippen molar-refractivity contribution in [3.05, 3.63) is 60.4 Å². The highest BCUT2D eigenvalue weighted by molar-refractivity contribution is 7.99. The lowest BCUT2D eigenvalue weighted by molar-refractivity contribution is -0.116. The summed E-state index contributed by atoms with van der Waals surface area (Å²) in [6.45, 7) is 5.06. The van der Waals surface area contributed by atoms with Crippen molar-refractivity contribution in [3.8, 4) is 5.69 Å². The molecule has 7 nitrogen and oxygen atoms in total. The van der Waals surface area contributed by atoms with E-state index in [1.807, 2.05) is 47.9 Å². The van der Waals surface area contributed by atoms with Crippen LogP contribution in [0.1, 0.15) is 6.92 Å². The van der Waals surface area contributed by atoms with E-state index in [1.165, 1.54) is 23.9 Å². The van der Waals surface area contributed by atoms with Gasteiger partial charge >= 0.3 is 0 Å². The molecule has 1 fully saturated rings. The molecule has 9 heteroatoms. The Balaban J connectivity index is 1.59. The predicted molar refractivity (Wildman–Crippen MR) is 120 cm³/mol. The fraction of sp³-hybridized carbons (Fsp3) is 0.318. The number of amides is 1. The summed E-state index contributed by atoms with van der Waals surface area (Å²) in [5, 5.41) is 9.24. The number of rotatable bonds is 7. The van der Waals surface area contributed by atoms with Crippen molar-refractivity contribution in [2.45, 2.75) is 12.1 Å². The third kappa shape index (κ3) is 4.88. The van der Waals surface area contributed by atoms with Crippen LogP contribution < -0.4 is 9.80 Å². The van der Waals surface area contributed by atoms with Gasteiger partial charge in [0.2, 0.25) is 11.9 Å². The first-order chi connectivity index (χ1) is 15.2. The van der Waals surface area contributed by atoms with Crippen molar-refractivity contribution in [3.63, 3.8) is 0 Å². The largest absolute Gasteiger partial charge is 0.378 e. The Morgan fingerprint density at radius 1 is 1.13 bits per heavy atom. The molecule has 0 spiro atoms. The summed E-state index contributed by atoms with van der Waals surface area (Å²) in [4.78, 5) is 16.7. The minimum absolute atomic E-state index is 0.0274. The zero-order valence-electron chi connectivity index (χ0n) is 17.3. The highest BCUT2D eigenvalue weighted by Gasteiger charge is 2.23. The molecule has 1 amide bonds. The fourth-order valence-electron chi connectivity index (χ4n) is 3.48. The zero-order valence-corrected chi connectivity index (χ0v) is 18.1. The Morgan fingerprint density at radius 2 is 1.90 bits per heavy atom. The number of benzene rings is 2. The van der Waals surface area contributed by atoms with Gasteiger partial charge in [0.15, 0.2) is 5.16 Å². The van der Waals surface area contributed by atoms with Crippen LogP contribution in [0.25, 0.3) is 5.69 Å². The summed E-state index contributed by atoms with van der Waals surface area (Å²) < 4.78 is 21.2. The molecule has 0 N–H and O–H groups in total. The van der Waals surface area contributed by atoms with Gasteiger partial charge in [-0.05, 0) is 37.3 Å². The zero-order chi connectivity index (χ0) is 21.6. The third-order valence-corrected chi connectivity index (χ3v) is 5.90. The van der Waals surface area contributed by atoms with Gasteiger partial charge in [-0.2, -0.15) is 0 Å². The average Bonchev–Trinajstić information content (AvgIpc) is 3.23. The van der Waals surface area contributed by atoms with E-state index < -0.39 is 0 Å². The predicted octanol–water partition coefficient (Wildman–Crippen LogP) is 3.39. The number of para-hydroxylation sites is 1. The number of carbonyl (C=O) groups excluding carboxylic acids is 1. The molecule has 2 aromatic carbocycles. The highest BCUT2D eigenvalue weighted by Crippen LogP contribution is 2.28. The SMILES string of the molecule is CCN(C(=O)CSc1nnc(N2CCOCC2)n1-c1cccc(F)c1)c1ccccc1. The van der Waals surface area contributed by atoms with Crippen molar-refractivity contribution in [1.29, 1.82) is 0 Å². The molecule has 0 unspecified atom stereocenters. The molecule has 0 aliphatic carbocycles. The van der Waals surface area contributed by atoms with Gasteiger partial charge in [-0.15, -0.1) is 10.2 Å². The molecule has 2 heterocycles. The lowest BCUT2D eigenvalue weighted by Gasteiger charge is -2.28. The number of ether oxygens (including phenoxy) is 1. The van der Waals surface area contributed by atoms with Crippen LogP contribution in [-0.4, -0.2) is 59.3 Å². The molecule has 1 aliphatic rings. The standard InChI is InChI=1S/C22H24FN5O2S/c1-2-27(18-8-4-3-5-9-18)20(29)16-31-22-25-24-21(26-11-13-30-14-12-26)28(22)19-10-6-7-17(23)15-19/h3-10,15H,2,11-14,16H2,1H3. The Kier molecular flexibility index (Phi) is 6.83. The number of thioether (sulfide) groups is 1. The van der Waals surface area contributed by atoms with Gasteiger partial charge in [0.25, 0.3) is 0 Å².